The number of hydrogen-bond donors (Lipinski definition) is 2. The van der Waals surface area contributed by atoms with Gasteiger partial charge in [0.2, 0.25) is 11.9 Å². The maximum absolute atomic E-state index is 14.7. The fourth-order valence-corrected chi connectivity index (χ4v) is 2.97. The van der Waals surface area contributed by atoms with Gasteiger partial charge < -0.3 is 25.8 Å². The van der Waals surface area contributed by atoms with Gasteiger partial charge in [0.15, 0.2) is 17.7 Å². The van der Waals surface area contributed by atoms with Crippen LogP contribution in [-0.2, 0) is 0 Å². The van der Waals surface area contributed by atoms with Crippen molar-refractivity contribution in [2.45, 2.75) is 12.6 Å². The minimum atomic E-state index is -0.733. The molecule has 1 heterocycles. The third-order valence-corrected chi connectivity index (χ3v) is 4.44. The van der Waals surface area contributed by atoms with E-state index in [1.165, 1.54) is 13.2 Å². The Morgan fingerprint density at radius 3 is 2.59 bits per heavy atom. The third-order valence-electron chi connectivity index (χ3n) is 4.19. The van der Waals surface area contributed by atoms with E-state index in [9.17, 15) is 4.39 Å². The van der Waals surface area contributed by atoms with E-state index in [2.05, 4.69) is 9.98 Å². The standard InChI is InChI=1S/C19H21ClFN5O2.ClH/c1-27-15-5-2-4-14(16(15)21)17-24-18(22)25-19(23)26(17)10-3-11-28-13-8-6-12(20)7-9-13;/h2,4-9,17H,3,10-11H2,1H3,(H4,22,23,24,25);1H. The number of halogens is 3. The molecule has 156 valence electrons. The van der Waals surface area contributed by atoms with Gasteiger partial charge in [0, 0.05) is 17.1 Å². The summed E-state index contributed by atoms with van der Waals surface area (Å²) in [6.07, 6.45) is -0.126. The van der Waals surface area contributed by atoms with Crippen LogP contribution in [0.3, 0.4) is 0 Å². The highest BCUT2D eigenvalue weighted by Crippen LogP contribution is 2.31. The van der Waals surface area contributed by atoms with Crippen LogP contribution in [-0.4, -0.2) is 37.1 Å². The largest absolute Gasteiger partial charge is 0.494 e. The molecule has 1 aliphatic heterocycles. The number of guanidine groups is 2. The number of benzene rings is 2. The van der Waals surface area contributed by atoms with E-state index >= 15 is 0 Å². The quantitative estimate of drug-likeness (QED) is 0.641. The molecule has 4 N–H and O–H groups in total. The van der Waals surface area contributed by atoms with Crippen molar-refractivity contribution < 1.29 is 13.9 Å². The Balaban J connectivity index is 0.00000300. The zero-order valence-corrected chi connectivity index (χ0v) is 17.3. The number of aliphatic imine (C=N–C) groups is 2. The highest BCUT2D eigenvalue weighted by atomic mass is 35.5. The number of methoxy groups -OCH3 is 1. The lowest BCUT2D eigenvalue weighted by Crippen LogP contribution is -2.45. The van der Waals surface area contributed by atoms with Gasteiger partial charge in [0.05, 0.1) is 13.7 Å². The molecule has 10 heteroatoms. The molecule has 0 aliphatic carbocycles. The van der Waals surface area contributed by atoms with Gasteiger partial charge in [-0.3, -0.25) is 0 Å². The Morgan fingerprint density at radius 1 is 1.17 bits per heavy atom. The van der Waals surface area contributed by atoms with Crippen LogP contribution in [0, 0.1) is 5.82 Å². The van der Waals surface area contributed by atoms with Crippen molar-refractivity contribution in [3.63, 3.8) is 0 Å². The summed E-state index contributed by atoms with van der Waals surface area (Å²) in [7, 11) is 1.41. The van der Waals surface area contributed by atoms with Crippen LogP contribution in [0.5, 0.6) is 11.5 Å². The minimum absolute atomic E-state index is 0. The zero-order chi connectivity index (χ0) is 20.1. The van der Waals surface area contributed by atoms with E-state index in [0.29, 0.717) is 35.9 Å². The van der Waals surface area contributed by atoms with Crippen LogP contribution < -0.4 is 20.9 Å². The van der Waals surface area contributed by atoms with Crippen LogP contribution in [0.15, 0.2) is 52.4 Å². The Kier molecular flexibility index (Phi) is 7.92. The smallest absolute Gasteiger partial charge is 0.220 e. The van der Waals surface area contributed by atoms with Gasteiger partial charge >= 0.3 is 0 Å². The summed E-state index contributed by atoms with van der Waals surface area (Å²) in [5.74, 6) is 0.494. The first-order valence-electron chi connectivity index (χ1n) is 8.64. The first-order chi connectivity index (χ1) is 13.5. The van der Waals surface area contributed by atoms with Gasteiger partial charge in [0.25, 0.3) is 0 Å². The van der Waals surface area contributed by atoms with E-state index in [4.69, 9.17) is 32.5 Å². The highest BCUT2D eigenvalue weighted by molar-refractivity contribution is 6.30. The first-order valence-corrected chi connectivity index (χ1v) is 9.02. The molecule has 0 spiro atoms. The molecule has 0 radical (unpaired) electrons. The molecule has 2 aromatic carbocycles. The second kappa shape index (κ2) is 10.2. The van der Waals surface area contributed by atoms with Crippen molar-refractivity contribution in [2.75, 3.05) is 20.3 Å². The molecule has 0 aromatic heterocycles. The van der Waals surface area contributed by atoms with Crippen molar-refractivity contribution in [1.82, 2.24) is 4.90 Å². The average molecular weight is 442 g/mol. The number of nitrogens with two attached hydrogens (primary N) is 2. The van der Waals surface area contributed by atoms with Crippen molar-refractivity contribution in [2.24, 2.45) is 21.5 Å². The molecule has 0 saturated carbocycles. The molecule has 1 aliphatic rings. The van der Waals surface area contributed by atoms with Gasteiger partial charge in [-0.2, -0.15) is 4.99 Å². The predicted molar refractivity (Wildman–Crippen MR) is 114 cm³/mol. The first kappa shape index (κ1) is 22.6. The summed E-state index contributed by atoms with van der Waals surface area (Å²) in [6, 6.07) is 11.9. The van der Waals surface area contributed by atoms with Crippen LogP contribution >= 0.6 is 24.0 Å². The summed E-state index contributed by atoms with van der Waals surface area (Å²) < 4.78 is 25.5. The van der Waals surface area contributed by atoms with Gasteiger partial charge in [0.1, 0.15) is 5.75 Å². The summed E-state index contributed by atoms with van der Waals surface area (Å²) in [6.45, 7) is 0.874. The minimum Gasteiger partial charge on any atom is -0.494 e. The molecular weight excluding hydrogens is 420 g/mol. The van der Waals surface area contributed by atoms with Crippen molar-refractivity contribution in [1.29, 1.82) is 0 Å². The molecule has 3 rings (SSSR count). The second-order valence-electron chi connectivity index (χ2n) is 6.04. The Bertz CT molecular complexity index is 893. The van der Waals surface area contributed by atoms with Crippen molar-refractivity contribution in [3.8, 4) is 11.5 Å². The summed E-state index contributed by atoms with van der Waals surface area (Å²) in [4.78, 5) is 9.95. The highest BCUT2D eigenvalue weighted by Gasteiger charge is 2.29. The monoisotopic (exact) mass is 441 g/mol. The lowest BCUT2D eigenvalue weighted by Gasteiger charge is -2.33. The second-order valence-corrected chi connectivity index (χ2v) is 6.48. The lowest BCUT2D eigenvalue weighted by atomic mass is 10.1. The van der Waals surface area contributed by atoms with Gasteiger partial charge in [-0.25, -0.2) is 9.38 Å². The van der Waals surface area contributed by atoms with Crippen molar-refractivity contribution >= 4 is 35.9 Å². The molecule has 0 saturated heterocycles. The number of hydrogen-bond acceptors (Lipinski definition) is 7. The van der Waals surface area contributed by atoms with Gasteiger partial charge in [-0.15, -0.1) is 12.4 Å². The van der Waals surface area contributed by atoms with Crippen LogP contribution in [0.25, 0.3) is 0 Å². The molecule has 29 heavy (non-hydrogen) atoms. The molecule has 0 bridgehead atoms. The molecule has 7 nitrogen and oxygen atoms in total. The molecule has 1 atom stereocenters. The van der Waals surface area contributed by atoms with Gasteiger partial charge in [-0.05, 0) is 36.8 Å². The maximum Gasteiger partial charge on any atom is 0.220 e. The van der Waals surface area contributed by atoms with E-state index in [0.717, 1.165) is 0 Å². The Morgan fingerprint density at radius 2 is 1.90 bits per heavy atom. The number of nitrogens with zero attached hydrogens (tertiary/aromatic N) is 3. The summed E-state index contributed by atoms with van der Waals surface area (Å²) in [5, 5.41) is 0.642. The maximum atomic E-state index is 14.7. The fourth-order valence-electron chi connectivity index (χ4n) is 2.85. The topological polar surface area (TPSA) is 98.5 Å². The fraction of sp³-hybridized carbons (Fsp3) is 0.263. The summed E-state index contributed by atoms with van der Waals surface area (Å²) in [5.41, 5.74) is 12.1. The molecular formula is C19H22Cl2FN5O2. The van der Waals surface area contributed by atoms with Gasteiger partial charge in [-0.1, -0.05) is 23.7 Å². The molecule has 0 fully saturated rings. The Hall–Kier alpha value is -2.71. The average Bonchev–Trinajstić information content (AvgIpc) is 2.68. The predicted octanol–water partition coefficient (Wildman–Crippen LogP) is 3.32. The lowest BCUT2D eigenvalue weighted by molar-refractivity contribution is 0.254. The van der Waals surface area contributed by atoms with E-state index in [1.807, 2.05) is 0 Å². The van der Waals surface area contributed by atoms with E-state index in [-0.39, 0.29) is 30.1 Å². The molecule has 1 unspecified atom stereocenters. The molecule has 0 amide bonds. The molecule has 2 aromatic rings. The van der Waals surface area contributed by atoms with Crippen LogP contribution in [0.4, 0.5) is 4.39 Å². The van der Waals surface area contributed by atoms with E-state index in [1.54, 1.807) is 41.3 Å². The van der Waals surface area contributed by atoms with Crippen molar-refractivity contribution in [3.05, 3.63) is 58.9 Å². The normalized spacial score (nSPS) is 15.8. The number of rotatable bonds is 7. The third kappa shape index (κ3) is 5.42. The SMILES string of the molecule is COc1cccc(C2N=C(N)N=C(N)N2CCCOc2ccc(Cl)cc2)c1F.Cl. The van der Waals surface area contributed by atoms with Crippen LogP contribution in [0.1, 0.15) is 18.2 Å². The number of ether oxygens (including phenoxy) is 2. The zero-order valence-electron chi connectivity index (χ0n) is 15.7. The van der Waals surface area contributed by atoms with E-state index < -0.39 is 12.0 Å². The summed E-state index contributed by atoms with van der Waals surface area (Å²) >= 11 is 5.86. The van der Waals surface area contributed by atoms with Crippen LogP contribution in [0.2, 0.25) is 5.02 Å². The Labute approximate surface area is 179 Å².